The number of halogens is 2. The fourth-order valence-corrected chi connectivity index (χ4v) is 3.65. The molecule has 2 amide bonds. The topological polar surface area (TPSA) is 127 Å². The molecule has 0 fully saturated rings. The average Bonchev–Trinajstić information content (AvgIpc) is 3.45. The molecule has 0 radical (unpaired) electrons. The number of nitrogens with one attached hydrogen (secondary N) is 2. The third-order valence-electron chi connectivity index (χ3n) is 5.49. The van der Waals surface area contributed by atoms with Crippen molar-refractivity contribution in [1.29, 1.82) is 5.26 Å². The monoisotopic (exact) mass is 527 g/mol. The number of aromatic nitrogens is 4. The quantitative estimate of drug-likeness (QED) is 0.273. The van der Waals surface area contributed by atoms with E-state index in [1.54, 1.807) is 65.7 Å². The number of nitriles is 1. The van der Waals surface area contributed by atoms with Gasteiger partial charge in [0.1, 0.15) is 41.6 Å². The van der Waals surface area contributed by atoms with Gasteiger partial charge in [0, 0.05) is 35.6 Å². The van der Waals surface area contributed by atoms with Gasteiger partial charge in [-0.1, -0.05) is 5.21 Å². The molecule has 5 rings (SSSR count). The summed E-state index contributed by atoms with van der Waals surface area (Å²) in [6.07, 6.45) is 4.87. The van der Waals surface area contributed by atoms with Gasteiger partial charge in [0.2, 0.25) is 0 Å². The lowest BCUT2D eigenvalue weighted by atomic mass is 10.1. The Hall–Kier alpha value is -5.57. The van der Waals surface area contributed by atoms with Crippen LogP contribution in [-0.4, -0.2) is 32.6 Å². The van der Waals surface area contributed by atoms with Crippen LogP contribution in [0.15, 0.2) is 79.3 Å². The van der Waals surface area contributed by atoms with Crippen LogP contribution in [0, 0.1) is 23.0 Å². The summed E-state index contributed by atoms with van der Waals surface area (Å²) >= 11 is 0. The molecule has 10 nitrogen and oxygen atoms in total. The van der Waals surface area contributed by atoms with Crippen molar-refractivity contribution in [3.8, 4) is 23.3 Å². The molecule has 12 heteroatoms. The summed E-state index contributed by atoms with van der Waals surface area (Å²) in [6, 6.07) is 15.8. The number of benzene rings is 3. The molecule has 194 valence electrons. The lowest BCUT2D eigenvalue weighted by molar-refractivity contribution is 0.262. The summed E-state index contributed by atoms with van der Waals surface area (Å²) in [4.78, 5) is 16.6. The summed E-state index contributed by atoms with van der Waals surface area (Å²) in [5, 5.41) is 22.8. The van der Waals surface area contributed by atoms with Crippen molar-refractivity contribution < 1.29 is 23.0 Å². The number of carbonyl (C=O) groups excluding carboxylic acids is 1. The number of carbonyl (C=O) groups is 1. The first kappa shape index (κ1) is 25.1. The zero-order chi connectivity index (χ0) is 27.2. The largest absolute Gasteiger partial charge is 0.490 e. The third kappa shape index (κ3) is 6.05. The van der Waals surface area contributed by atoms with Crippen LogP contribution in [0.3, 0.4) is 0 Å². The molecule has 2 aromatic heterocycles. The van der Waals surface area contributed by atoms with Gasteiger partial charge in [-0.3, -0.25) is 4.98 Å². The van der Waals surface area contributed by atoms with E-state index in [1.165, 1.54) is 0 Å². The Morgan fingerprint density at radius 1 is 1.00 bits per heavy atom. The highest BCUT2D eigenvalue weighted by Crippen LogP contribution is 2.33. The Bertz CT molecular complexity index is 1670. The van der Waals surface area contributed by atoms with E-state index in [2.05, 4.69) is 32.0 Å². The van der Waals surface area contributed by atoms with Crippen molar-refractivity contribution in [2.75, 3.05) is 17.2 Å². The Kier molecular flexibility index (Phi) is 7.22. The molecular weight excluding hydrogens is 508 g/mol. The predicted octanol–water partition coefficient (Wildman–Crippen LogP) is 5.49. The van der Waals surface area contributed by atoms with Gasteiger partial charge in [-0.15, -0.1) is 5.10 Å². The van der Waals surface area contributed by atoms with Crippen molar-refractivity contribution in [3.63, 3.8) is 0 Å². The maximum Gasteiger partial charge on any atom is 0.323 e. The highest BCUT2D eigenvalue weighted by molar-refractivity contribution is 5.99. The summed E-state index contributed by atoms with van der Waals surface area (Å²) < 4.78 is 40.2. The Morgan fingerprint density at radius 2 is 1.85 bits per heavy atom. The van der Waals surface area contributed by atoms with Crippen LogP contribution >= 0.6 is 0 Å². The van der Waals surface area contributed by atoms with E-state index in [9.17, 15) is 18.8 Å². The van der Waals surface area contributed by atoms with Crippen molar-refractivity contribution in [3.05, 3.63) is 96.5 Å². The third-order valence-corrected chi connectivity index (χ3v) is 5.49. The fraction of sp³-hybridized carbons (Fsp3) is 0.0741. The molecular formula is C27H19F2N7O3. The van der Waals surface area contributed by atoms with Crippen LogP contribution in [0.25, 0.3) is 10.9 Å². The molecule has 2 heterocycles. The van der Waals surface area contributed by atoms with Gasteiger partial charge in [0.25, 0.3) is 0 Å². The summed E-state index contributed by atoms with van der Waals surface area (Å²) in [5.74, 6) is -0.305. The molecule has 2 N–H and O–H groups in total. The van der Waals surface area contributed by atoms with Crippen molar-refractivity contribution in [2.45, 2.75) is 6.54 Å². The van der Waals surface area contributed by atoms with Gasteiger partial charge >= 0.3 is 6.03 Å². The number of hydrogen-bond donors (Lipinski definition) is 2. The first-order chi connectivity index (χ1) is 19.0. The second-order valence-electron chi connectivity index (χ2n) is 8.13. The van der Waals surface area contributed by atoms with Gasteiger partial charge in [-0.25, -0.2) is 18.3 Å². The fourth-order valence-electron chi connectivity index (χ4n) is 3.65. The molecule has 39 heavy (non-hydrogen) atoms. The number of hydrogen-bond acceptors (Lipinski definition) is 7. The highest BCUT2D eigenvalue weighted by atomic mass is 19.1. The van der Waals surface area contributed by atoms with Crippen LogP contribution in [0.2, 0.25) is 0 Å². The summed E-state index contributed by atoms with van der Waals surface area (Å²) in [7, 11) is 0. The standard InChI is InChI=1S/C27H19F2N7O3/c28-18-1-6-23(22(29)14-18)34-27(37)33-19-2-4-20(5-3-19)39-25-7-8-31-24-15-26(17(16-30)13-21(24)25)38-12-11-36-10-9-32-35-36/h1-10,13-15H,11-12H2,(H2,33,34,37). The van der Waals surface area contributed by atoms with E-state index >= 15 is 0 Å². The Labute approximate surface area is 220 Å². The maximum absolute atomic E-state index is 13.8. The first-order valence-corrected chi connectivity index (χ1v) is 11.6. The van der Waals surface area contributed by atoms with Gasteiger partial charge in [0.15, 0.2) is 0 Å². The average molecular weight is 527 g/mol. The molecule has 0 atom stereocenters. The van der Waals surface area contributed by atoms with E-state index in [4.69, 9.17) is 9.47 Å². The van der Waals surface area contributed by atoms with Gasteiger partial charge in [-0.2, -0.15) is 5.26 Å². The van der Waals surface area contributed by atoms with Crippen LogP contribution in [0.5, 0.6) is 17.2 Å². The molecule has 0 spiro atoms. The lowest BCUT2D eigenvalue weighted by Gasteiger charge is -2.13. The predicted molar refractivity (Wildman–Crippen MR) is 137 cm³/mol. The molecule has 3 aromatic carbocycles. The van der Waals surface area contributed by atoms with Gasteiger partial charge in [0.05, 0.1) is 29.5 Å². The smallest absolute Gasteiger partial charge is 0.323 e. The number of nitrogens with zero attached hydrogens (tertiary/aromatic N) is 5. The second-order valence-corrected chi connectivity index (χ2v) is 8.13. The molecule has 0 bridgehead atoms. The minimum Gasteiger partial charge on any atom is -0.490 e. The van der Waals surface area contributed by atoms with E-state index in [1.807, 2.05) is 0 Å². The highest BCUT2D eigenvalue weighted by Gasteiger charge is 2.13. The SMILES string of the molecule is N#Cc1cc2c(Oc3ccc(NC(=O)Nc4ccc(F)cc4F)cc3)ccnc2cc1OCCn1ccnn1. The van der Waals surface area contributed by atoms with E-state index < -0.39 is 17.7 Å². The second kappa shape index (κ2) is 11.2. The van der Waals surface area contributed by atoms with Gasteiger partial charge < -0.3 is 20.1 Å². The number of urea groups is 1. The van der Waals surface area contributed by atoms with Crippen molar-refractivity contribution >= 4 is 28.3 Å². The van der Waals surface area contributed by atoms with Crippen molar-refractivity contribution in [1.82, 2.24) is 20.0 Å². The summed E-state index contributed by atoms with van der Waals surface area (Å²) in [5.41, 5.74) is 1.16. The normalized spacial score (nSPS) is 10.6. The number of fused-ring (bicyclic) bond motifs is 1. The lowest BCUT2D eigenvalue weighted by Crippen LogP contribution is -2.20. The molecule has 0 saturated carbocycles. The van der Waals surface area contributed by atoms with Crippen LogP contribution < -0.4 is 20.1 Å². The number of pyridine rings is 1. The molecule has 0 unspecified atom stereocenters. The van der Waals surface area contributed by atoms with Gasteiger partial charge in [-0.05, 0) is 48.5 Å². The Balaban J connectivity index is 1.26. The summed E-state index contributed by atoms with van der Waals surface area (Å²) in [6.45, 7) is 0.756. The first-order valence-electron chi connectivity index (χ1n) is 11.6. The zero-order valence-electron chi connectivity index (χ0n) is 20.1. The zero-order valence-corrected chi connectivity index (χ0v) is 20.1. The molecule has 0 saturated heterocycles. The molecule has 5 aromatic rings. The van der Waals surface area contributed by atoms with E-state index in [0.717, 1.165) is 12.1 Å². The number of ether oxygens (including phenoxy) is 2. The number of amides is 2. The molecule has 0 aliphatic rings. The Morgan fingerprint density at radius 3 is 2.59 bits per heavy atom. The minimum atomic E-state index is -0.886. The van der Waals surface area contributed by atoms with Crippen LogP contribution in [0.1, 0.15) is 5.56 Å². The maximum atomic E-state index is 13.8. The van der Waals surface area contributed by atoms with E-state index in [-0.39, 0.29) is 12.3 Å². The number of rotatable bonds is 8. The molecule has 0 aliphatic heterocycles. The van der Waals surface area contributed by atoms with Crippen LogP contribution in [0.4, 0.5) is 25.0 Å². The van der Waals surface area contributed by atoms with Crippen molar-refractivity contribution in [2.24, 2.45) is 0 Å². The molecule has 0 aliphatic carbocycles. The van der Waals surface area contributed by atoms with E-state index in [0.29, 0.717) is 52.0 Å². The van der Waals surface area contributed by atoms with Crippen LogP contribution in [-0.2, 0) is 6.54 Å². The number of anilines is 2. The minimum absolute atomic E-state index is 0.154.